The summed E-state index contributed by atoms with van der Waals surface area (Å²) >= 11 is 0. The Labute approximate surface area is 149 Å². The van der Waals surface area contributed by atoms with E-state index in [0.717, 1.165) is 23.3 Å². The number of benzene rings is 1. The van der Waals surface area contributed by atoms with Gasteiger partial charge < -0.3 is 10.2 Å². The summed E-state index contributed by atoms with van der Waals surface area (Å²) in [5, 5.41) is 2.83. The van der Waals surface area contributed by atoms with Gasteiger partial charge in [-0.3, -0.25) is 14.5 Å². The van der Waals surface area contributed by atoms with Crippen LogP contribution in [0.4, 0.5) is 4.79 Å². The monoisotopic (exact) mass is 345 g/mol. The fraction of sp³-hybridized carbons (Fsp3) is 0.526. The number of hydrogen-bond acceptors (Lipinski definition) is 3. The summed E-state index contributed by atoms with van der Waals surface area (Å²) in [5.41, 5.74) is 0.153. The van der Waals surface area contributed by atoms with Crippen molar-refractivity contribution in [3.05, 3.63) is 35.9 Å². The van der Waals surface area contributed by atoms with Crippen molar-refractivity contribution in [2.45, 2.75) is 51.6 Å². The minimum Gasteiger partial charge on any atom is -0.340 e. The normalized spacial score (nSPS) is 16.0. The summed E-state index contributed by atoms with van der Waals surface area (Å²) in [7, 11) is 1.68. The van der Waals surface area contributed by atoms with Crippen LogP contribution in [-0.2, 0) is 16.1 Å². The first-order valence-corrected chi connectivity index (χ1v) is 8.85. The number of hydrogen-bond donors (Lipinski definition) is 1. The van der Waals surface area contributed by atoms with E-state index in [0.29, 0.717) is 19.4 Å². The summed E-state index contributed by atoms with van der Waals surface area (Å²) in [6.45, 7) is 4.19. The van der Waals surface area contributed by atoms with Gasteiger partial charge in [0, 0.05) is 13.6 Å². The highest BCUT2D eigenvalue weighted by Gasteiger charge is 2.50. The number of nitrogens with one attached hydrogen (secondary N) is 1. The molecule has 1 fully saturated rings. The Hall–Kier alpha value is -2.37. The molecule has 25 heavy (non-hydrogen) atoms. The minimum atomic E-state index is -0.848. The lowest BCUT2D eigenvalue weighted by Crippen LogP contribution is -2.47. The number of carbonyl (C=O) groups is 3. The van der Waals surface area contributed by atoms with Crippen LogP contribution in [0.1, 0.15) is 45.1 Å². The lowest BCUT2D eigenvalue weighted by molar-refractivity contribution is -0.138. The molecule has 6 heteroatoms. The molecule has 0 aliphatic carbocycles. The molecule has 136 valence electrons. The van der Waals surface area contributed by atoms with E-state index in [2.05, 4.69) is 5.32 Å². The molecule has 1 heterocycles. The zero-order valence-corrected chi connectivity index (χ0v) is 15.2. The number of imide groups is 1. The molecular weight excluding hydrogens is 318 g/mol. The molecule has 0 bridgehead atoms. The van der Waals surface area contributed by atoms with Gasteiger partial charge in [-0.15, -0.1) is 0 Å². The summed E-state index contributed by atoms with van der Waals surface area (Å²) in [5.74, 6) is -0.529. The van der Waals surface area contributed by atoms with Gasteiger partial charge in [-0.1, -0.05) is 57.0 Å². The smallest absolute Gasteiger partial charge is 0.325 e. The first kappa shape index (κ1) is 19.0. The van der Waals surface area contributed by atoms with E-state index < -0.39 is 11.6 Å². The molecule has 0 radical (unpaired) electrons. The molecule has 1 aliphatic heterocycles. The van der Waals surface area contributed by atoms with Crippen molar-refractivity contribution in [3.63, 3.8) is 0 Å². The predicted octanol–water partition coefficient (Wildman–Crippen LogP) is 2.54. The summed E-state index contributed by atoms with van der Waals surface area (Å²) in [4.78, 5) is 40.2. The molecule has 4 amide bonds. The molecular formula is C19H27N3O3. The molecule has 0 spiro atoms. The Bertz CT molecular complexity index is 624. The molecule has 0 atom stereocenters. The first-order chi connectivity index (χ1) is 11.9. The minimum absolute atomic E-state index is 0.219. The number of carbonyl (C=O) groups excluding carboxylic acids is 3. The Balaban J connectivity index is 2.04. The number of rotatable bonds is 8. The molecule has 0 unspecified atom stereocenters. The van der Waals surface area contributed by atoms with Gasteiger partial charge in [0.1, 0.15) is 12.1 Å². The summed E-state index contributed by atoms with van der Waals surface area (Å²) in [6, 6.07) is 9.15. The van der Waals surface area contributed by atoms with E-state index in [1.165, 1.54) is 4.90 Å². The predicted molar refractivity (Wildman–Crippen MR) is 95.7 cm³/mol. The lowest BCUT2D eigenvalue weighted by atomic mass is 9.88. The fourth-order valence-corrected chi connectivity index (χ4v) is 3.34. The van der Waals surface area contributed by atoms with Crippen LogP contribution in [0.3, 0.4) is 0 Å². The van der Waals surface area contributed by atoms with Crippen LogP contribution in [-0.4, -0.2) is 46.8 Å². The topological polar surface area (TPSA) is 69.7 Å². The van der Waals surface area contributed by atoms with Gasteiger partial charge in [-0.2, -0.15) is 0 Å². The van der Waals surface area contributed by atoms with Crippen molar-refractivity contribution in [1.82, 2.24) is 15.1 Å². The molecule has 1 aromatic carbocycles. The third-order valence-corrected chi connectivity index (χ3v) is 4.58. The van der Waals surface area contributed by atoms with Crippen LogP contribution >= 0.6 is 0 Å². The van der Waals surface area contributed by atoms with E-state index in [-0.39, 0.29) is 18.4 Å². The Kier molecular flexibility index (Phi) is 6.17. The molecule has 0 aromatic heterocycles. The second-order valence-electron chi connectivity index (χ2n) is 6.64. The Morgan fingerprint density at radius 1 is 1.12 bits per heavy atom. The van der Waals surface area contributed by atoms with Crippen LogP contribution < -0.4 is 5.32 Å². The molecule has 1 aliphatic rings. The average molecular weight is 345 g/mol. The second kappa shape index (κ2) is 8.14. The highest BCUT2D eigenvalue weighted by atomic mass is 16.2. The van der Waals surface area contributed by atoms with Crippen LogP contribution in [0.2, 0.25) is 0 Å². The molecule has 2 rings (SSSR count). The van der Waals surface area contributed by atoms with Crippen molar-refractivity contribution in [1.29, 1.82) is 0 Å². The van der Waals surface area contributed by atoms with E-state index in [1.807, 2.05) is 44.2 Å². The van der Waals surface area contributed by atoms with Gasteiger partial charge in [0.2, 0.25) is 5.91 Å². The quantitative estimate of drug-likeness (QED) is 0.736. The molecule has 1 saturated heterocycles. The van der Waals surface area contributed by atoms with Gasteiger partial charge >= 0.3 is 6.03 Å². The Morgan fingerprint density at radius 2 is 1.72 bits per heavy atom. The molecule has 1 N–H and O–H groups in total. The van der Waals surface area contributed by atoms with Gasteiger partial charge in [0.05, 0.1) is 0 Å². The number of nitrogens with zero attached hydrogens (tertiary/aromatic N) is 2. The summed E-state index contributed by atoms with van der Waals surface area (Å²) in [6.07, 6.45) is 2.77. The molecule has 0 saturated carbocycles. The van der Waals surface area contributed by atoms with Crippen molar-refractivity contribution in [2.75, 3.05) is 13.6 Å². The van der Waals surface area contributed by atoms with Gasteiger partial charge in [0.25, 0.3) is 5.91 Å². The third kappa shape index (κ3) is 4.18. The molecule has 1 aromatic rings. The van der Waals surface area contributed by atoms with Crippen molar-refractivity contribution < 1.29 is 14.4 Å². The zero-order valence-electron chi connectivity index (χ0n) is 15.2. The van der Waals surface area contributed by atoms with E-state index in [9.17, 15) is 14.4 Å². The van der Waals surface area contributed by atoms with Gasteiger partial charge in [-0.25, -0.2) is 4.79 Å². The van der Waals surface area contributed by atoms with E-state index in [4.69, 9.17) is 0 Å². The van der Waals surface area contributed by atoms with Crippen LogP contribution in [0.15, 0.2) is 30.3 Å². The second-order valence-corrected chi connectivity index (χ2v) is 6.64. The van der Waals surface area contributed by atoms with Crippen molar-refractivity contribution >= 4 is 17.8 Å². The maximum atomic E-state index is 12.8. The van der Waals surface area contributed by atoms with Gasteiger partial charge in [0.15, 0.2) is 0 Å². The van der Waals surface area contributed by atoms with Crippen LogP contribution in [0.5, 0.6) is 0 Å². The van der Waals surface area contributed by atoms with Crippen molar-refractivity contribution in [2.24, 2.45) is 0 Å². The number of likely N-dealkylation sites (N-methyl/N-ethyl adjacent to an activating group) is 1. The maximum Gasteiger partial charge on any atom is 0.325 e. The number of urea groups is 1. The SMILES string of the molecule is CCCC1(CCC)NC(=O)N(CC(=O)N(C)Cc2ccccc2)C1=O. The number of amides is 4. The average Bonchev–Trinajstić information content (AvgIpc) is 2.81. The highest BCUT2D eigenvalue weighted by molar-refractivity contribution is 6.09. The van der Waals surface area contributed by atoms with Crippen LogP contribution in [0, 0.1) is 0 Å². The highest BCUT2D eigenvalue weighted by Crippen LogP contribution is 2.28. The van der Waals surface area contributed by atoms with Crippen molar-refractivity contribution in [3.8, 4) is 0 Å². The molecule has 6 nitrogen and oxygen atoms in total. The largest absolute Gasteiger partial charge is 0.340 e. The first-order valence-electron chi connectivity index (χ1n) is 8.85. The maximum absolute atomic E-state index is 12.8. The lowest BCUT2D eigenvalue weighted by Gasteiger charge is -2.26. The third-order valence-electron chi connectivity index (χ3n) is 4.58. The van der Waals surface area contributed by atoms with E-state index in [1.54, 1.807) is 7.05 Å². The standard InChI is InChI=1S/C19H27N3O3/c1-4-11-19(12-5-2)17(24)22(18(25)20-19)14-16(23)21(3)13-15-9-7-6-8-10-15/h6-10H,4-5,11-14H2,1-3H3,(H,20,25). The summed E-state index contributed by atoms with van der Waals surface area (Å²) < 4.78 is 0. The van der Waals surface area contributed by atoms with E-state index >= 15 is 0 Å². The van der Waals surface area contributed by atoms with Crippen LogP contribution in [0.25, 0.3) is 0 Å². The zero-order chi connectivity index (χ0) is 18.4. The Morgan fingerprint density at radius 3 is 2.28 bits per heavy atom. The fourth-order valence-electron chi connectivity index (χ4n) is 3.34. The van der Waals surface area contributed by atoms with Gasteiger partial charge in [-0.05, 0) is 18.4 Å².